The lowest BCUT2D eigenvalue weighted by atomic mass is 9.81. The van der Waals surface area contributed by atoms with Gasteiger partial charge < -0.3 is 16.4 Å². The summed E-state index contributed by atoms with van der Waals surface area (Å²) in [7, 11) is 0. The molecule has 0 saturated heterocycles. The molecule has 0 saturated carbocycles. The normalized spacial score (nSPS) is 17.2. The minimum Gasteiger partial charge on any atom is -0.399 e. The summed E-state index contributed by atoms with van der Waals surface area (Å²) >= 11 is 0. The first-order chi connectivity index (χ1) is 13.0. The average molecular weight is 359 g/mol. The van der Waals surface area contributed by atoms with Crippen LogP contribution in [-0.2, 0) is 13.0 Å². The smallest absolute Gasteiger partial charge is 0.129 e. The van der Waals surface area contributed by atoms with Crippen LogP contribution < -0.4 is 16.4 Å². The predicted octanol–water partition coefficient (Wildman–Crippen LogP) is 4.20. The number of rotatable bonds is 5. The summed E-state index contributed by atoms with van der Waals surface area (Å²) < 4.78 is 0. The summed E-state index contributed by atoms with van der Waals surface area (Å²) in [6.07, 6.45) is 6.37. The molecule has 0 aliphatic carbocycles. The molecule has 3 heterocycles. The van der Waals surface area contributed by atoms with Crippen molar-refractivity contribution in [3.63, 3.8) is 0 Å². The lowest BCUT2D eigenvalue weighted by molar-refractivity contribution is 0.470. The van der Waals surface area contributed by atoms with Gasteiger partial charge in [-0.25, -0.2) is 4.98 Å². The van der Waals surface area contributed by atoms with Gasteiger partial charge in [-0.2, -0.15) is 0 Å². The SMILES string of the molecule is CC1(C)Nc2cc(N)ccc2C1Cc1cccnc1NCc1ccncc1. The molecule has 2 aromatic heterocycles. The van der Waals surface area contributed by atoms with Gasteiger partial charge in [0.1, 0.15) is 5.82 Å². The molecular weight excluding hydrogens is 334 g/mol. The summed E-state index contributed by atoms with van der Waals surface area (Å²) in [5, 5.41) is 7.12. The van der Waals surface area contributed by atoms with Gasteiger partial charge >= 0.3 is 0 Å². The minimum atomic E-state index is -0.0473. The topological polar surface area (TPSA) is 75.9 Å². The highest BCUT2D eigenvalue weighted by Crippen LogP contribution is 2.45. The van der Waals surface area contributed by atoms with Crippen LogP contribution in [0.4, 0.5) is 17.2 Å². The third-order valence-corrected chi connectivity index (χ3v) is 5.31. The zero-order valence-electron chi connectivity index (χ0n) is 15.7. The molecule has 5 nitrogen and oxygen atoms in total. The quantitative estimate of drug-likeness (QED) is 0.595. The standard InChI is InChI=1S/C22H25N5/c1-22(2)19(18-6-5-17(23)13-20(18)27-22)12-16-4-3-9-25-21(16)26-14-15-7-10-24-11-8-15/h3-11,13,19,27H,12,14,23H2,1-2H3,(H,25,26). The molecule has 4 rings (SSSR count). The van der Waals surface area contributed by atoms with Gasteiger partial charge in [0.05, 0.1) is 0 Å². The van der Waals surface area contributed by atoms with E-state index in [0.29, 0.717) is 5.92 Å². The predicted molar refractivity (Wildman–Crippen MR) is 111 cm³/mol. The van der Waals surface area contributed by atoms with E-state index >= 15 is 0 Å². The Balaban J connectivity index is 1.58. The maximum Gasteiger partial charge on any atom is 0.129 e. The molecule has 1 atom stereocenters. The van der Waals surface area contributed by atoms with Crippen LogP contribution in [0.2, 0.25) is 0 Å². The molecule has 0 radical (unpaired) electrons. The average Bonchev–Trinajstić information content (AvgIpc) is 2.91. The van der Waals surface area contributed by atoms with Crippen molar-refractivity contribution < 1.29 is 0 Å². The van der Waals surface area contributed by atoms with E-state index in [1.165, 1.54) is 16.7 Å². The van der Waals surface area contributed by atoms with Gasteiger partial charge in [0.25, 0.3) is 0 Å². The van der Waals surface area contributed by atoms with E-state index in [2.05, 4.69) is 46.6 Å². The second-order valence-electron chi connectivity index (χ2n) is 7.67. The van der Waals surface area contributed by atoms with Crippen molar-refractivity contribution in [2.45, 2.75) is 38.3 Å². The van der Waals surface area contributed by atoms with E-state index in [0.717, 1.165) is 30.2 Å². The molecule has 27 heavy (non-hydrogen) atoms. The van der Waals surface area contributed by atoms with Gasteiger partial charge in [0, 0.05) is 48.0 Å². The molecule has 0 amide bonds. The molecule has 0 spiro atoms. The Morgan fingerprint density at radius 3 is 2.74 bits per heavy atom. The first-order valence-electron chi connectivity index (χ1n) is 9.27. The molecule has 0 fully saturated rings. The third kappa shape index (κ3) is 3.58. The Hall–Kier alpha value is -3.08. The van der Waals surface area contributed by atoms with Crippen molar-refractivity contribution in [3.05, 3.63) is 77.7 Å². The summed E-state index contributed by atoms with van der Waals surface area (Å²) in [5.41, 5.74) is 11.6. The van der Waals surface area contributed by atoms with Gasteiger partial charge in [-0.3, -0.25) is 4.98 Å². The fourth-order valence-corrected chi connectivity index (χ4v) is 3.84. The molecular formula is C22H25N5. The number of fused-ring (bicyclic) bond motifs is 1. The Bertz CT molecular complexity index is 936. The highest BCUT2D eigenvalue weighted by Gasteiger charge is 2.38. The van der Waals surface area contributed by atoms with Crippen molar-refractivity contribution >= 4 is 17.2 Å². The van der Waals surface area contributed by atoms with Crippen LogP contribution in [0, 0.1) is 0 Å². The number of anilines is 3. The van der Waals surface area contributed by atoms with E-state index in [4.69, 9.17) is 5.73 Å². The molecule has 4 N–H and O–H groups in total. The fourth-order valence-electron chi connectivity index (χ4n) is 3.84. The van der Waals surface area contributed by atoms with E-state index < -0.39 is 0 Å². The van der Waals surface area contributed by atoms with Gasteiger partial charge in [0.15, 0.2) is 0 Å². The number of pyridine rings is 2. The molecule has 1 aromatic carbocycles. The molecule has 1 aliphatic rings. The Kier molecular flexibility index (Phi) is 4.44. The molecule has 1 aliphatic heterocycles. The first kappa shape index (κ1) is 17.3. The van der Waals surface area contributed by atoms with Crippen LogP contribution >= 0.6 is 0 Å². The number of nitrogen functional groups attached to an aromatic ring is 1. The highest BCUT2D eigenvalue weighted by molar-refractivity contribution is 5.67. The first-order valence-corrected chi connectivity index (χ1v) is 9.27. The number of nitrogens with zero attached hydrogens (tertiary/aromatic N) is 2. The Morgan fingerprint density at radius 2 is 1.93 bits per heavy atom. The summed E-state index contributed by atoms with van der Waals surface area (Å²) in [5.74, 6) is 1.28. The Morgan fingerprint density at radius 1 is 1.11 bits per heavy atom. The zero-order chi connectivity index (χ0) is 18.9. The number of hydrogen-bond donors (Lipinski definition) is 3. The second kappa shape index (κ2) is 6.91. The van der Waals surface area contributed by atoms with E-state index in [1.807, 2.05) is 48.9 Å². The van der Waals surface area contributed by atoms with Crippen LogP contribution in [0.1, 0.15) is 36.5 Å². The summed E-state index contributed by atoms with van der Waals surface area (Å²) in [4.78, 5) is 8.66. The Labute approximate surface area is 160 Å². The molecule has 5 heteroatoms. The number of aromatic nitrogens is 2. The molecule has 138 valence electrons. The van der Waals surface area contributed by atoms with Crippen LogP contribution in [-0.4, -0.2) is 15.5 Å². The zero-order valence-corrected chi connectivity index (χ0v) is 15.7. The summed E-state index contributed by atoms with van der Waals surface area (Å²) in [6.45, 7) is 5.22. The van der Waals surface area contributed by atoms with Crippen molar-refractivity contribution in [2.75, 3.05) is 16.4 Å². The van der Waals surface area contributed by atoms with Gasteiger partial charge in [-0.05, 0) is 67.3 Å². The van der Waals surface area contributed by atoms with Crippen molar-refractivity contribution in [2.24, 2.45) is 0 Å². The van der Waals surface area contributed by atoms with Gasteiger partial charge in [-0.1, -0.05) is 12.1 Å². The molecule has 0 bridgehead atoms. The lowest BCUT2D eigenvalue weighted by Crippen LogP contribution is -2.33. The maximum absolute atomic E-state index is 5.97. The van der Waals surface area contributed by atoms with Gasteiger partial charge in [0.2, 0.25) is 0 Å². The van der Waals surface area contributed by atoms with E-state index in [1.54, 1.807) is 0 Å². The molecule has 1 unspecified atom stereocenters. The molecule has 3 aromatic rings. The highest BCUT2D eigenvalue weighted by atomic mass is 15.0. The number of hydrogen-bond acceptors (Lipinski definition) is 5. The van der Waals surface area contributed by atoms with Crippen LogP contribution in [0.15, 0.2) is 61.1 Å². The van der Waals surface area contributed by atoms with Crippen LogP contribution in [0.3, 0.4) is 0 Å². The second-order valence-corrected chi connectivity index (χ2v) is 7.67. The summed E-state index contributed by atoms with van der Waals surface area (Å²) in [6, 6.07) is 14.4. The number of nitrogens with two attached hydrogens (primary N) is 1. The monoisotopic (exact) mass is 359 g/mol. The third-order valence-electron chi connectivity index (χ3n) is 5.31. The van der Waals surface area contributed by atoms with Crippen molar-refractivity contribution in [3.8, 4) is 0 Å². The maximum atomic E-state index is 5.97. The largest absolute Gasteiger partial charge is 0.399 e. The van der Waals surface area contributed by atoms with Gasteiger partial charge in [-0.15, -0.1) is 0 Å². The van der Waals surface area contributed by atoms with E-state index in [-0.39, 0.29) is 5.54 Å². The minimum absolute atomic E-state index is 0.0473. The van der Waals surface area contributed by atoms with Crippen molar-refractivity contribution in [1.29, 1.82) is 0 Å². The lowest BCUT2D eigenvalue weighted by Gasteiger charge is -2.28. The fraction of sp³-hybridized carbons (Fsp3) is 0.273. The van der Waals surface area contributed by atoms with Crippen molar-refractivity contribution in [1.82, 2.24) is 9.97 Å². The van der Waals surface area contributed by atoms with Crippen LogP contribution in [0.5, 0.6) is 0 Å². The number of nitrogens with one attached hydrogen (secondary N) is 2. The van der Waals surface area contributed by atoms with E-state index in [9.17, 15) is 0 Å². The van der Waals surface area contributed by atoms with Crippen LogP contribution in [0.25, 0.3) is 0 Å². The number of benzene rings is 1.